The van der Waals surface area contributed by atoms with E-state index < -0.39 is 58.1 Å². The number of alkyl carbamates (subject to hydrolysis) is 1. The number of rotatable bonds is 37. The van der Waals surface area contributed by atoms with Gasteiger partial charge in [0, 0.05) is 87.7 Å². The SMILES string of the molecule is Cc1cc(OCCCC(=O)NCCCOCCOCCOCCCNC(=O)[C@@H](CSOOO)NC(=O)OC(C)(C)C)cc(C)c1S(=O)(=O)N[C@@H](CNC(=O)c1ccc2c(cnn2CCCNc2ncc[nH]2)c1)C(=O)O. The van der Waals surface area contributed by atoms with Gasteiger partial charge in [-0.15, -0.1) is 4.33 Å². The molecule has 0 saturated heterocycles. The van der Waals surface area contributed by atoms with Gasteiger partial charge in [-0.3, -0.25) is 23.9 Å². The molecule has 4 amide bonds. The lowest BCUT2D eigenvalue weighted by Crippen LogP contribution is -2.49. The van der Waals surface area contributed by atoms with E-state index in [4.69, 9.17) is 28.9 Å². The zero-order valence-electron chi connectivity index (χ0n) is 42.8. The largest absolute Gasteiger partial charge is 0.494 e. The highest BCUT2D eigenvalue weighted by molar-refractivity contribution is 7.94. The van der Waals surface area contributed by atoms with Crippen LogP contribution in [-0.2, 0) is 59.3 Å². The summed E-state index contributed by atoms with van der Waals surface area (Å²) in [5, 5.41) is 40.6. The Morgan fingerprint density at radius 3 is 2.16 bits per heavy atom. The summed E-state index contributed by atoms with van der Waals surface area (Å²) in [6.45, 7) is 12.0. The number of anilines is 1. The van der Waals surface area contributed by atoms with Crippen LogP contribution in [0.1, 0.15) is 74.4 Å². The number of carbonyl (C=O) groups is 5. The second-order valence-corrected chi connectivity index (χ2v) is 20.1. The molecule has 0 unspecified atom stereocenters. The van der Waals surface area contributed by atoms with Gasteiger partial charge >= 0.3 is 12.1 Å². The number of aliphatic carboxylic acids is 1. The second-order valence-electron chi connectivity index (χ2n) is 17.7. The Bertz CT molecular complexity index is 2500. The van der Waals surface area contributed by atoms with Crippen LogP contribution in [0.4, 0.5) is 10.7 Å². The third-order valence-corrected chi connectivity index (χ3v) is 12.8. The molecule has 28 heteroatoms. The van der Waals surface area contributed by atoms with Gasteiger partial charge in [0.1, 0.15) is 23.4 Å². The normalized spacial score (nSPS) is 12.5. The fourth-order valence-electron chi connectivity index (χ4n) is 7.06. The molecule has 0 aliphatic carbocycles. The van der Waals surface area contributed by atoms with Crippen LogP contribution in [0.25, 0.3) is 10.9 Å². The average Bonchev–Trinajstić information content (AvgIpc) is 4.03. The highest BCUT2D eigenvalue weighted by Gasteiger charge is 2.29. The van der Waals surface area contributed by atoms with Gasteiger partial charge in [-0.25, -0.2) is 23.5 Å². The summed E-state index contributed by atoms with van der Waals surface area (Å²) in [5.41, 5.74) is 0.921. The van der Waals surface area contributed by atoms with Crippen molar-refractivity contribution in [3.8, 4) is 5.75 Å². The predicted octanol–water partition coefficient (Wildman–Crippen LogP) is 3.22. The summed E-state index contributed by atoms with van der Waals surface area (Å²) < 4.78 is 63.0. The lowest BCUT2D eigenvalue weighted by Gasteiger charge is -2.22. The first-order chi connectivity index (χ1) is 35.9. The van der Waals surface area contributed by atoms with Gasteiger partial charge in [0.25, 0.3) is 5.91 Å². The van der Waals surface area contributed by atoms with E-state index in [0.717, 1.165) is 11.9 Å². The first-order valence-electron chi connectivity index (χ1n) is 24.2. The van der Waals surface area contributed by atoms with Gasteiger partial charge in [0.05, 0.1) is 55.4 Å². The number of imidazole rings is 1. The van der Waals surface area contributed by atoms with Crippen LogP contribution in [0.5, 0.6) is 5.75 Å². The topological polar surface area (TPSA) is 343 Å². The quantitative estimate of drug-likeness (QED) is 0.0135. The Balaban J connectivity index is 1.03. The average molecular weight is 1100 g/mol. The maximum absolute atomic E-state index is 13.5. The molecule has 0 saturated carbocycles. The third-order valence-electron chi connectivity index (χ3n) is 10.4. The fourth-order valence-corrected chi connectivity index (χ4v) is 9.17. The first-order valence-corrected chi connectivity index (χ1v) is 26.6. The molecule has 75 heavy (non-hydrogen) atoms. The Hall–Kier alpha value is -6.11. The molecule has 0 spiro atoms. The molecule has 2 heterocycles. The number of carboxylic acid groups (broad SMARTS) is 1. The van der Waals surface area contributed by atoms with Gasteiger partial charge in [0.2, 0.25) is 21.8 Å². The summed E-state index contributed by atoms with van der Waals surface area (Å²) in [7, 11) is -4.37. The van der Waals surface area contributed by atoms with Gasteiger partial charge in [-0.1, -0.05) is 5.04 Å². The zero-order chi connectivity index (χ0) is 54.6. The number of nitrogens with zero attached hydrogens (tertiary/aromatic N) is 3. The monoisotopic (exact) mass is 1090 g/mol. The number of benzene rings is 2. The van der Waals surface area contributed by atoms with E-state index in [1.54, 1.807) is 71.4 Å². The van der Waals surface area contributed by atoms with Gasteiger partial charge in [0.15, 0.2) is 5.95 Å². The maximum Gasteiger partial charge on any atom is 0.408 e. The Labute approximate surface area is 439 Å². The molecule has 0 aliphatic rings. The standard InChI is InChI=1S/C47H70N10O16S2/c1-32-26-36(70-21-6-10-40(58)48-14-8-19-67-22-24-69-25-23-68-20-9-15-49-43(60)38(31-74-73-72-64)55-46(63)71-47(3,4)5)27-33(2)41(32)75(65,66)56-37(44(61)62)30-53-42(59)34-11-12-39-35(28-34)29-54-57(39)18-7-13-50-45-51-16-17-52-45/h11-12,16-17,26-29,37-38,56,64H,6-10,13-15,18-25,30-31H2,1-5H3,(H,48,58)(H,49,60)(H,53,59)(H,55,63)(H,61,62)(H2,50,51,52)/t37-,38+/m0/s1. The Morgan fingerprint density at radius 1 is 0.840 bits per heavy atom. The first kappa shape index (κ1) is 61.4. The van der Waals surface area contributed by atoms with Gasteiger partial charge < -0.3 is 60.4 Å². The molecule has 2 aromatic carbocycles. The molecule has 0 aliphatic heterocycles. The molecule has 2 atom stereocenters. The van der Waals surface area contributed by atoms with Crippen molar-refractivity contribution in [3.05, 3.63) is 65.6 Å². The highest BCUT2D eigenvalue weighted by atomic mass is 32.2. The molecule has 0 fully saturated rings. The highest BCUT2D eigenvalue weighted by Crippen LogP contribution is 2.26. The minimum atomic E-state index is -4.37. The number of aryl methyl sites for hydroxylation is 3. The molecule has 26 nitrogen and oxygen atoms in total. The molecule has 4 aromatic rings. The lowest BCUT2D eigenvalue weighted by molar-refractivity contribution is -0.432. The van der Waals surface area contributed by atoms with Crippen molar-refractivity contribution in [1.29, 1.82) is 0 Å². The molecule has 9 N–H and O–H groups in total. The van der Waals surface area contributed by atoms with E-state index in [9.17, 15) is 37.5 Å². The van der Waals surface area contributed by atoms with E-state index in [0.29, 0.717) is 119 Å². The van der Waals surface area contributed by atoms with Crippen molar-refractivity contribution in [2.75, 3.05) is 83.5 Å². The van der Waals surface area contributed by atoms with E-state index in [2.05, 4.69) is 55.7 Å². The number of hydrogen-bond donors (Lipinski definition) is 9. The summed E-state index contributed by atoms with van der Waals surface area (Å²) >= 11 is 0.622. The molecule has 2 aromatic heterocycles. The molecule has 4 rings (SSSR count). The van der Waals surface area contributed by atoms with E-state index >= 15 is 0 Å². The Morgan fingerprint density at radius 2 is 1.52 bits per heavy atom. The minimum Gasteiger partial charge on any atom is -0.494 e. The van der Waals surface area contributed by atoms with Crippen LogP contribution in [0.3, 0.4) is 0 Å². The number of ether oxygens (including phenoxy) is 5. The summed E-state index contributed by atoms with van der Waals surface area (Å²) in [5.74, 6) is -1.72. The number of carboxylic acids is 1. The van der Waals surface area contributed by atoms with Crippen molar-refractivity contribution < 1.29 is 75.8 Å². The number of aromatic nitrogens is 4. The van der Waals surface area contributed by atoms with Crippen LogP contribution < -0.4 is 36.0 Å². The molecule has 0 radical (unpaired) electrons. The summed E-state index contributed by atoms with van der Waals surface area (Å²) in [6, 6.07) is 5.32. The van der Waals surface area contributed by atoms with Crippen molar-refractivity contribution >= 4 is 68.7 Å². The maximum atomic E-state index is 13.5. The third kappa shape index (κ3) is 23.1. The molecule has 416 valence electrons. The van der Waals surface area contributed by atoms with Gasteiger partial charge in [-0.2, -0.15) is 9.82 Å². The number of fused-ring (bicyclic) bond motifs is 1. The van der Waals surface area contributed by atoms with Crippen LogP contribution in [0.15, 0.2) is 53.8 Å². The predicted molar refractivity (Wildman–Crippen MR) is 274 cm³/mol. The molecular formula is C47H70N10O16S2. The number of sulfonamides is 1. The number of amides is 4. The number of nitrogens with one attached hydrogen (secondary N) is 7. The van der Waals surface area contributed by atoms with Gasteiger partial charge in [-0.05, 0) is 102 Å². The van der Waals surface area contributed by atoms with E-state index in [-0.39, 0.29) is 41.7 Å². The number of H-pyrrole nitrogens is 1. The minimum absolute atomic E-state index is 0.0569. The molecule has 0 bridgehead atoms. The second kappa shape index (κ2) is 32.4. The van der Waals surface area contributed by atoms with Crippen LogP contribution in [-0.4, -0.2) is 164 Å². The number of carbonyl (C=O) groups excluding carboxylic acids is 4. The lowest BCUT2D eigenvalue weighted by atomic mass is 10.1. The van der Waals surface area contributed by atoms with E-state index in [1.165, 1.54) is 12.1 Å². The summed E-state index contributed by atoms with van der Waals surface area (Å²) in [4.78, 5) is 69.3. The number of hydrogen-bond acceptors (Lipinski definition) is 19. The van der Waals surface area contributed by atoms with Crippen LogP contribution >= 0.6 is 12.0 Å². The van der Waals surface area contributed by atoms with Crippen molar-refractivity contribution in [3.63, 3.8) is 0 Å². The van der Waals surface area contributed by atoms with Crippen molar-refractivity contribution in [2.45, 2.75) is 95.8 Å². The fraction of sp³-hybridized carbons (Fsp3) is 0.553. The van der Waals surface area contributed by atoms with Crippen LogP contribution in [0.2, 0.25) is 0 Å². The number of aromatic amines is 1. The van der Waals surface area contributed by atoms with Crippen molar-refractivity contribution in [1.82, 2.24) is 45.7 Å². The summed E-state index contributed by atoms with van der Waals surface area (Å²) in [6.07, 6.45) is 6.68. The van der Waals surface area contributed by atoms with E-state index in [1.807, 2.05) is 4.68 Å². The zero-order valence-corrected chi connectivity index (χ0v) is 44.4. The van der Waals surface area contributed by atoms with Crippen LogP contribution in [0, 0.1) is 13.8 Å². The van der Waals surface area contributed by atoms with Crippen molar-refractivity contribution in [2.24, 2.45) is 0 Å². The molecular weight excluding hydrogens is 1020 g/mol. The Kier molecular flexibility index (Phi) is 26.5. The smallest absolute Gasteiger partial charge is 0.408 e.